The molecule has 5 heteroatoms. The molecule has 0 aromatic carbocycles. The van der Waals surface area contributed by atoms with Crippen LogP contribution < -0.4 is 5.32 Å². The van der Waals surface area contributed by atoms with E-state index in [1.807, 2.05) is 36.1 Å². The van der Waals surface area contributed by atoms with E-state index >= 15 is 0 Å². The maximum atomic E-state index is 13.0. The molecule has 122 valence electrons. The summed E-state index contributed by atoms with van der Waals surface area (Å²) in [4.78, 5) is 15.0. The molecule has 2 unspecified atom stereocenters. The number of aromatic nitrogens is 2. The summed E-state index contributed by atoms with van der Waals surface area (Å²) in [6, 6.07) is 0.423. The molecule has 1 aromatic heterocycles. The van der Waals surface area contributed by atoms with E-state index < -0.39 is 0 Å². The minimum absolute atomic E-state index is 0.0476. The fourth-order valence-electron chi connectivity index (χ4n) is 4.12. The SMILES string of the molecule is CC1CCCC(N(C)C(=O)[C@H]2CNC[C@@H]2c2cnn(C)c2)C1. The third kappa shape index (κ3) is 3.05. The minimum atomic E-state index is 0.0476. The Morgan fingerprint density at radius 3 is 2.91 bits per heavy atom. The van der Waals surface area contributed by atoms with E-state index in [4.69, 9.17) is 0 Å². The summed E-state index contributed by atoms with van der Waals surface area (Å²) in [6.45, 7) is 3.96. The predicted octanol–water partition coefficient (Wildman–Crippen LogP) is 1.76. The fraction of sp³-hybridized carbons (Fsp3) is 0.765. The molecule has 1 amide bonds. The molecule has 0 radical (unpaired) electrons. The van der Waals surface area contributed by atoms with E-state index in [-0.39, 0.29) is 11.8 Å². The van der Waals surface area contributed by atoms with Crippen LogP contribution in [0.15, 0.2) is 12.4 Å². The number of nitrogens with zero attached hydrogens (tertiary/aromatic N) is 3. The summed E-state index contributed by atoms with van der Waals surface area (Å²) in [5, 5.41) is 7.66. The Morgan fingerprint density at radius 2 is 2.23 bits per heavy atom. The maximum Gasteiger partial charge on any atom is 0.227 e. The molecule has 0 bridgehead atoms. The lowest BCUT2D eigenvalue weighted by Crippen LogP contribution is -2.44. The third-order valence-corrected chi connectivity index (χ3v) is 5.49. The summed E-state index contributed by atoms with van der Waals surface area (Å²) < 4.78 is 1.82. The monoisotopic (exact) mass is 304 g/mol. The van der Waals surface area contributed by atoms with Crippen LogP contribution in [-0.4, -0.2) is 46.8 Å². The highest BCUT2D eigenvalue weighted by molar-refractivity contribution is 5.80. The topological polar surface area (TPSA) is 50.2 Å². The van der Waals surface area contributed by atoms with Gasteiger partial charge in [-0.05, 0) is 24.3 Å². The highest BCUT2D eigenvalue weighted by Gasteiger charge is 2.38. The van der Waals surface area contributed by atoms with Crippen molar-refractivity contribution in [3.05, 3.63) is 18.0 Å². The van der Waals surface area contributed by atoms with Gasteiger partial charge in [-0.15, -0.1) is 0 Å². The molecule has 0 spiro atoms. The Hall–Kier alpha value is -1.36. The Labute approximate surface area is 133 Å². The van der Waals surface area contributed by atoms with Gasteiger partial charge in [0.2, 0.25) is 5.91 Å². The average molecular weight is 304 g/mol. The lowest BCUT2D eigenvalue weighted by atomic mass is 9.84. The number of hydrogen-bond acceptors (Lipinski definition) is 3. The molecule has 2 aliphatic rings. The van der Waals surface area contributed by atoms with E-state index in [0.29, 0.717) is 11.9 Å². The van der Waals surface area contributed by atoms with Crippen LogP contribution in [0.1, 0.15) is 44.1 Å². The summed E-state index contributed by atoms with van der Waals surface area (Å²) in [5.41, 5.74) is 1.18. The van der Waals surface area contributed by atoms with Crippen molar-refractivity contribution < 1.29 is 4.79 Å². The first-order chi connectivity index (χ1) is 10.6. The summed E-state index contributed by atoms with van der Waals surface area (Å²) in [7, 11) is 3.93. The Balaban J connectivity index is 1.70. The minimum Gasteiger partial charge on any atom is -0.342 e. The van der Waals surface area contributed by atoms with Gasteiger partial charge in [-0.2, -0.15) is 5.10 Å². The van der Waals surface area contributed by atoms with E-state index in [1.54, 1.807) is 0 Å². The lowest BCUT2D eigenvalue weighted by molar-refractivity contribution is -0.137. The smallest absolute Gasteiger partial charge is 0.227 e. The fourth-order valence-corrected chi connectivity index (χ4v) is 4.12. The van der Waals surface area contributed by atoms with E-state index in [0.717, 1.165) is 31.8 Å². The molecule has 1 aliphatic heterocycles. The first-order valence-corrected chi connectivity index (χ1v) is 8.52. The summed E-state index contributed by atoms with van der Waals surface area (Å²) in [6.07, 6.45) is 8.81. The van der Waals surface area contributed by atoms with E-state index in [1.165, 1.54) is 18.4 Å². The number of carbonyl (C=O) groups excluding carboxylic acids is 1. The van der Waals surface area contributed by atoms with Crippen LogP contribution in [0.3, 0.4) is 0 Å². The van der Waals surface area contributed by atoms with Gasteiger partial charge >= 0.3 is 0 Å². The van der Waals surface area contributed by atoms with Crippen molar-refractivity contribution >= 4 is 5.91 Å². The van der Waals surface area contributed by atoms with Crippen LogP contribution in [0, 0.1) is 11.8 Å². The molecule has 1 saturated heterocycles. The van der Waals surface area contributed by atoms with Gasteiger partial charge in [0.1, 0.15) is 0 Å². The third-order valence-electron chi connectivity index (χ3n) is 5.49. The number of nitrogens with one attached hydrogen (secondary N) is 1. The van der Waals surface area contributed by atoms with Crippen molar-refractivity contribution in [3.63, 3.8) is 0 Å². The van der Waals surface area contributed by atoms with Gasteiger partial charge in [0, 0.05) is 45.3 Å². The Bertz CT molecular complexity index is 526. The second kappa shape index (κ2) is 6.41. The number of amides is 1. The van der Waals surface area contributed by atoms with Crippen molar-refractivity contribution in [1.29, 1.82) is 0 Å². The molecule has 22 heavy (non-hydrogen) atoms. The maximum absolute atomic E-state index is 13.0. The first kappa shape index (κ1) is 15.5. The van der Waals surface area contributed by atoms with Gasteiger partial charge < -0.3 is 10.2 Å². The van der Waals surface area contributed by atoms with E-state index in [2.05, 4.69) is 17.3 Å². The van der Waals surface area contributed by atoms with Crippen LogP contribution in [-0.2, 0) is 11.8 Å². The van der Waals surface area contributed by atoms with Crippen LogP contribution in [0.25, 0.3) is 0 Å². The zero-order valence-corrected chi connectivity index (χ0v) is 14.0. The van der Waals surface area contributed by atoms with Gasteiger partial charge in [0.05, 0.1) is 12.1 Å². The number of hydrogen-bond donors (Lipinski definition) is 1. The van der Waals surface area contributed by atoms with Crippen molar-refractivity contribution in [1.82, 2.24) is 20.0 Å². The number of aryl methyl sites for hydroxylation is 1. The number of rotatable bonds is 3. The lowest BCUT2D eigenvalue weighted by Gasteiger charge is -2.36. The summed E-state index contributed by atoms with van der Waals surface area (Å²) in [5.74, 6) is 1.35. The molecule has 4 atom stereocenters. The standard InChI is InChI=1S/C17H28N4O/c1-12-5-4-6-14(7-12)21(3)17(22)16-10-18-9-15(16)13-8-19-20(2)11-13/h8,11-12,14-16,18H,4-7,9-10H2,1-3H3/t12?,14?,15-,16+/m1/s1. The van der Waals surface area contributed by atoms with Crippen LogP contribution in [0.2, 0.25) is 0 Å². The van der Waals surface area contributed by atoms with Crippen LogP contribution in [0.5, 0.6) is 0 Å². The first-order valence-electron chi connectivity index (χ1n) is 8.52. The molecule has 2 fully saturated rings. The van der Waals surface area contributed by atoms with Gasteiger partial charge in [-0.3, -0.25) is 9.48 Å². The van der Waals surface area contributed by atoms with Gasteiger partial charge in [-0.1, -0.05) is 19.8 Å². The van der Waals surface area contributed by atoms with E-state index in [9.17, 15) is 4.79 Å². The second-order valence-electron chi connectivity index (χ2n) is 7.19. The van der Waals surface area contributed by atoms with Gasteiger partial charge in [0.15, 0.2) is 0 Å². The molecule has 1 N–H and O–H groups in total. The molecule has 5 nitrogen and oxygen atoms in total. The van der Waals surface area contributed by atoms with Crippen LogP contribution in [0.4, 0.5) is 0 Å². The van der Waals surface area contributed by atoms with Crippen molar-refractivity contribution in [2.24, 2.45) is 18.9 Å². The molecule has 3 rings (SSSR count). The van der Waals surface area contributed by atoms with Gasteiger partial charge in [0.25, 0.3) is 0 Å². The van der Waals surface area contributed by atoms with Crippen LogP contribution >= 0.6 is 0 Å². The zero-order valence-electron chi connectivity index (χ0n) is 14.0. The van der Waals surface area contributed by atoms with Crippen molar-refractivity contribution in [2.45, 2.75) is 44.6 Å². The average Bonchev–Trinajstić information content (AvgIpc) is 3.14. The molecular weight excluding hydrogens is 276 g/mol. The molecule has 1 aromatic rings. The highest BCUT2D eigenvalue weighted by Crippen LogP contribution is 2.32. The number of carbonyl (C=O) groups is 1. The quantitative estimate of drug-likeness (QED) is 0.926. The van der Waals surface area contributed by atoms with Gasteiger partial charge in [-0.25, -0.2) is 0 Å². The molecule has 1 aliphatic carbocycles. The predicted molar refractivity (Wildman–Crippen MR) is 86.5 cm³/mol. The largest absolute Gasteiger partial charge is 0.342 e. The summed E-state index contributed by atoms with van der Waals surface area (Å²) >= 11 is 0. The van der Waals surface area contributed by atoms with Crippen molar-refractivity contribution in [2.75, 3.05) is 20.1 Å². The molecule has 2 heterocycles. The second-order valence-corrected chi connectivity index (χ2v) is 7.19. The Kier molecular flexibility index (Phi) is 4.52. The zero-order chi connectivity index (χ0) is 15.7. The molecule has 1 saturated carbocycles. The Morgan fingerprint density at radius 1 is 1.41 bits per heavy atom. The normalized spacial score (nSPS) is 32.1. The highest BCUT2D eigenvalue weighted by atomic mass is 16.2. The molecular formula is C17H28N4O. The van der Waals surface area contributed by atoms with Crippen molar-refractivity contribution in [3.8, 4) is 0 Å².